The average molecular weight is 256 g/mol. The smallest absolute Gasteiger partial charge is 0.0777 e. The van der Waals surface area contributed by atoms with Gasteiger partial charge in [0.05, 0.1) is 5.60 Å². The third-order valence-corrected chi connectivity index (χ3v) is 4.63. The van der Waals surface area contributed by atoms with Crippen LogP contribution >= 0.6 is 0 Å². The number of ether oxygens (including phenoxy) is 1. The number of nitrogens with zero attached hydrogens (tertiary/aromatic N) is 1. The van der Waals surface area contributed by atoms with Gasteiger partial charge in [-0.1, -0.05) is 26.7 Å². The lowest BCUT2D eigenvalue weighted by atomic mass is 9.82. The molecular formula is C15H32N2O. The number of rotatable bonds is 7. The number of hydrogen-bond acceptors (Lipinski definition) is 3. The summed E-state index contributed by atoms with van der Waals surface area (Å²) in [5, 5.41) is 0. The fourth-order valence-electron chi connectivity index (χ4n) is 3.48. The summed E-state index contributed by atoms with van der Waals surface area (Å²) < 4.78 is 5.72. The number of methoxy groups -OCH3 is 1. The Labute approximate surface area is 113 Å². The molecule has 1 saturated heterocycles. The van der Waals surface area contributed by atoms with E-state index >= 15 is 0 Å². The first-order valence-electron chi connectivity index (χ1n) is 7.56. The molecule has 0 aromatic carbocycles. The van der Waals surface area contributed by atoms with Crippen LogP contribution in [-0.2, 0) is 4.74 Å². The predicted octanol–water partition coefficient (Wildman–Crippen LogP) is 2.79. The van der Waals surface area contributed by atoms with Crippen LogP contribution in [0.25, 0.3) is 0 Å². The van der Waals surface area contributed by atoms with Crippen LogP contribution in [0.3, 0.4) is 0 Å². The molecule has 1 rings (SSSR count). The van der Waals surface area contributed by atoms with Gasteiger partial charge >= 0.3 is 0 Å². The molecule has 108 valence electrons. The van der Waals surface area contributed by atoms with Crippen molar-refractivity contribution in [2.24, 2.45) is 5.73 Å². The highest BCUT2D eigenvalue weighted by atomic mass is 16.5. The van der Waals surface area contributed by atoms with Gasteiger partial charge in [0.1, 0.15) is 0 Å². The maximum atomic E-state index is 6.16. The SMILES string of the molecule is CCCC(CN)(CCC)N1CCCC(C)(OC)C1. The molecule has 2 N–H and O–H groups in total. The number of nitrogens with two attached hydrogens (primary N) is 1. The summed E-state index contributed by atoms with van der Waals surface area (Å²) in [7, 11) is 1.84. The Hall–Kier alpha value is -0.120. The summed E-state index contributed by atoms with van der Waals surface area (Å²) in [4.78, 5) is 2.62. The van der Waals surface area contributed by atoms with Crippen molar-refractivity contribution in [2.75, 3.05) is 26.7 Å². The minimum atomic E-state index is 0.0140. The van der Waals surface area contributed by atoms with E-state index in [1.165, 1.54) is 45.1 Å². The highest BCUT2D eigenvalue weighted by Gasteiger charge is 2.40. The monoisotopic (exact) mass is 256 g/mol. The summed E-state index contributed by atoms with van der Waals surface area (Å²) >= 11 is 0. The van der Waals surface area contributed by atoms with E-state index < -0.39 is 0 Å². The third-order valence-electron chi connectivity index (χ3n) is 4.63. The number of hydrogen-bond donors (Lipinski definition) is 1. The number of piperidine rings is 1. The molecule has 1 aliphatic heterocycles. The van der Waals surface area contributed by atoms with Gasteiger partial charge < -0.3 is 10.5 Å². The molecule has 0 radical (unpaired) electrons. The van der Waals surface area contributed by atoms with Gasteiger partial charge in [-0.25, -0.2) is 0 Å². The Morgan fingerprint density at radius 1 is 1.28 bits per heavy atom. The largest absolute Gasteiger partial charge is 0.377 e. The van der Waals surface area contributed by atoms with Gasteiger partial charge in [-0.3, -0.25) is 4.90 Å². The fraction of sp³-hybridized carbons (Fsp3) is 1.00. The quantitative estimate of drug-likeness (QED) is 0.761. The van der Waals surface area contributed by atoms with Gasteiger partial charge in [0.25, 0.3) is 0 Å². The van der Waals surface area contributed by atoms with Crippen molar-refractivity contribution in [3.8, 4) is 0 Å². The Morgan fingerprint density at radius 2 is 1.89 bits per heavy atom. The molecular weight excluding hydrogens is 224 g/mol. The molecule has 1 heterocycles. The second-order valence-corrected chi connectivity index (χ2v) is 6.11. The van der Waals surface area contributed by atoms with Crippen molar-refractivity contribution in [3.05, 3.63) is 0 Å². The highest BCUT2D eigenvalue weighted by Crippen LogP contribution is 2.33. The van der Waals surface area contributed by atoms with Crippen LogP contribution in [0.5, 0.6) is 0 Å². The molecule has 0 saturated carbocycles. The van der Waals surface area contributed by atoms with E-state index in [9.17, 15) is 0 Å². The zero-order chi connectivity index (χ0) is 13.6. The van der Waals surface area contributed by atoms with Gasteiger partial charge in [-0.15, -0.1) is 0 Å². The first-order valence-corrected chi connectivity index (χ1v) is 7.56. The second kappa shape index (κ2) is 6.88. The second-order valence-electron chi connectivity index (χ2n) is 6.11. The van der Waals surface area contributed by atoms with Crippen molar-refractivity contribution in [3.63, 3.8) is 0 Å². The normalized spacial score (nSPS) is 26.5. The zero-order valence-corrected chi connectivity index (χ0v) is 12.8. The molecule has 1 fully saturated rings. The highest BCUT2D eigenvalue weighted by molar-refractivity contribution is 4.97. The maximum Gasteiger partial charge on any atom is 0.0777 e. The standard InChI is InChI=1S/C15H32N2O/c1-5-8-15(12-16,9-6-2)17-11-7-10-14(3,13-17)18-4/h5-13,16H2,1-4H3. The van der Waals surface area contributed by atoms with Gasteiger partial charge in [-0.05, 0) is 39.2 Å². The van der Waals surface area contributed by atoms with Crippen LogP contribution in [0.1, 0.15) is 59.3 Å². The van der Waals surface area contributed by atoms with Gasteiger partial charge in [0.15, 0.2) is 0 Å². The lowest BCUT2D eigenvalue weighted by Gasteiger charge is -2.50. The lowest BCUT2D eigenvalue weighted by Crippen LogP contribution is -2.60. The van der Waals surface area contributed by atoms with Crippen molar-refractivity contribution >= 4 is 0 Å². The van der Waals surface area contributed by atoms with Crippen LogP contribution in [0.2, 0.25) is 0 Å². The van der Waals surface area contributed by atoms with Gasteiger partial charge in [0, 0.05) is 25.7 Å². The first-order chi connectivity index (χ1) is 8.55. The molecule has 0 aliphatic carbocycles. The van der Waals surface area contributed by atoms with Crippen LogP contribution in [0.15, 0.2) is 0 Å². The summed E-state index contributed by atoms with van der Waals surface area (Å²) in [6.07, 6.45) is 7.21. The van der Waals surface area contributed by atoms with E-state index in [0.29, 0.717) is 0 Å². The van der Waals surface area contributed by atoms with Crippen molar-refractivity contribution in [2.45, 2.75) is 70.4 Å². The molecule has 1 unspecified atom stereocenters. The van der Waals surface area contributed by atoms with E-state index in [4.69, 9.17) is 10.5 Å². The third kappa shape index (κ3) is 3.46. The summed E-state index contributed by atoms with van der Waals surface area (Å²) in [5.74, 6) is 0. The van der Waals surface area contributed by atoms with Crippen molar-refractivity contribution in [1.29, 1.82) is 0 Å². The summed E-state index contributed by atoms with van der Waals surface area (Å²) in [5.41, 5.74) is 6.37. The van der Waals surface area contributed by atoms with E-state index in [-0.39, 0.29) is 11.1 Å². The molecule has 0 amide bonds. The number of likely N-dealkylation sites (tertiary alicyclic amines) is 1. The summed E-state index contributed by atoms with van der Waals surface area (Å²) in [6.45, 7) is 9.74. The molecule has 3 nitrogen and oxygen atoms in total. The fourth-order valence-corrected chi connectivity index (χ4v) is 3.48. The molecule has 3 heteroatoms. The minimum absolute atomic E-state index is 0.0140. The average Bonchev–Trinajstić information content (AvgIpc) is 2.38. The minimum Gasteiger partial charge on any atom is -0.377 e. The van der Waals surface area contributed by atoms with Crippen LogP contribution in [-0.4, -0.2) is 42.8 Å². The zero-order valence-electron chi connectivity index (χ0n) is 12.8. The molecule has 1 atom stereocenters. The van der Waals surface area contributed by atoms with E-state index in [2.05, 4.69) is 25.7 Å². The molecule has 0 aromatic rings. The molecule has 0 bridgehead atoms. The Bertz CT molecular complexity index is 239. The molecule has 0 spiro atoms. The topological polar surface area (TPSA) is 38.5 Å². The predicted molar refractivity (Wildman–Crippen MR) is 77.8 cm³/mol. The lowest BCUT2D eigenvalue weighted by molar-refractivity contribution is -0.0837. The van der Waals surface area contributed by atoms with Crippen LogP contribution in [0, 0.1) is 0 Å². The Balaban J connectivity index is 2.83. The van der Waals surface area contributed by atoms with Crippen LogP contribution in [0.4, 0.5) is 0 Å². The Morgan fingerprint density at radius 3 is 2.33 bits per heavy atom. The van der Waals surface area contributed by atoms with Gasteiger partial charge in [-0.2, -0.15) is 0 Å². The van der Waals surface area contributed by atoms with Gasteiger partial charge in [0.2, 0.25) is 0 Å². The van der Waals surface area contributed by atoms with Crippen LogP contribution < -0.4 is 5.73 Å². The van der Waals surface area contributed by atoms with E-state index in [1.807, 2.05) is 7.11 Å². The Kier molecular flexibility index (Phi) is 6.09. The van der Waals surface area contributed by atoms with Crippen molar-refractivity contribution < 1.29 is 4.74 Å². The maximum absolute atomic E-state index is 6.16. The molecule has 18 heavy (non-hydrogen) atoms. The molecule has 0 aromatic heterocycles. The van der Waals surface area contributed by atoms with E-state index in [1.54, 1.807) is 0 Å². The first kappa shape index (κ1) is 15.9. The van der Waals surface area contributed by atoms with E-state index in [0.717, 1.165) is 13.1 Å². The summed E-state index contributed by atoms with van der Waals surface area (Å²) in [6, 6.07) is 0. The van der Waals surface area contributed by atoms with Crippen molar-refractivity contribution in [1.82, 2.24) is 4.90 Å². The molecule has 1 aliphatic rings.